The first-order valence-corrected chi connectivity index (χ1v) is 13.8. The van der Waals surface area contributed by atoms with E-state index in [2.05, 4.69) is 4.98 Å². The van der Waals surface area contributed by atoms with Gasteiger partial charge in [-0.1, -0.05) is 11.8 Å². The Morgan fingerprint density at radius 2 is 1.81 bits per heavy atom. The van der Waals surface area contributed by atoms with Crippen molar-refractivity contribution in [2.45, 2.75) is 41.3 Å². The number of hydrogen-bond donors (Lipinski definition) is 0. The van der Waals surface area contributed by atoms with Gasteiger partial charge in [-0.15, -0.1) is 0 Å². The molecule has 0 saturated carbocycles. The zero-order chi connectivity index (χ0) is 25.4. The van der Waals surface area contributed by atoms with E-state index in [-0.39, 0.29) is 35.4 Å². The zero-order valence-electron chi connectivity index (χ0n) is 19.1. The highest BCUT2D eigenvalue weighted by Gasteiger charge is 2.28. The lowest BCUT2D eigenvalue weighted by molar-refractivity contribution is 0.0730. The number of nitrogens with zero attached hydrogens (tertiary/aromatic N) is 3. The fourth-order valence-electron chi connectivity index (χ4n) is 4.33. The molecule has 2 saturated heterocycles. The molecule has 1 atom stereocenters. The van der Waals surface area contributed by atoms with Crippen LogP contribution in [0.3, 0.4) is 0 Å². The van der Waals surface area contributed by atoms with Crippen LogP contribution in [0, 0.1) is 23.3 Å². The Bertz CT molecular complexity index is 1390. The highest BCUT2D eigenvalue weighted by atomic mass is 32.2. The number of hydrogen-bond acceptors (Lipinski definition) is 6. The van der Waals surface area contributed by atoms with Gasteiger partial charge in [0.1, 0.15) is 0 Å². The second-order valence-electron chi connectivity index (χ2n) is 8.56. The summed E-state index contributed by atoms with van der Waals surface area (Å²) in [6.45, 7) is 2.19. The van der Waals surface area contributed by atoms with Crippen molar-refractivity contribution in [3.63, 3.8) is 0 Å². The summed E-state index contributed by atoms with van der Waals surface area (Å²) >= 11 is 1.01. The molecule has 0 amide bonds. The molecule has 2 aromatic carbocycles. The predicted octanol–water partition coefficient (Wildman–Crippen LogP) is 4.08. The number of aromatic nitrogens is 2. The van der Waals surface area contributed by atoms with E-state index >= 15 is 0 Å². The van der Waals surface area contributed by atoms with Crippen LogP contribution in [0.25, 0.3) is 11.0 Å². The quantitative estimate of drug-likeness (QED) is 0.193. The van der Waals surface area contributed by atoms with E-state index in [1.54, 1.807) is 6.07 Å². The number of ether oxygens (including phenoxy) is 2. The largest absolute Gasteiger partial charge is 0.379 e. The van der Waals surface area contributed by atoms with Crippen molar-refractivity contribution in [2.75, 3.05) is 32.9 Å². The molecule has 1 aromatic heterocycles. The minimum atomic E-state index is -3.75. The fourth-order valence-corrected chi connectivity index (χ4v) is 6.75. The Hall–Kier alpha value is -2.19. The van der Waals surface area contributed by atoms with Crippen LogP contribution >= 0.6 is 11.8 Å². The van der Waals surface area contributed by atoms with Gasteiger partial charge in [0.2, 0.25) is 10.0 Å². The van der Waals surface area contributed by atoms with E-state index in [0.717, 1.165) is 24.6 Å². The van der Waals surface area contributed by atoms with E-state index in [1.165, 1.54) is 16.4 Å². The molecule has 0 spiro atoms. The molecule has 2 aliphatic rings. The molecule has 2 aliphatic heterocycles. The Labute approximate surface area is 209 Å². The van der Waals surface area contributed by atoms with Crippen LogP contribution < -0.4 is 0 Å². The van der Waals surface area contributed by atoms with Crippen molar-refractivity contribution in [1.82, 2.24) is 13.9 Å². The molecular weight excluding hydrogens is 522 g/mol. The second-order valence-corrected chi connectivity index (χ2v) is 11.4. The van der Waals surface area contributed by atoms with E-state index in [4.69, 9.17) is 9.47 Å². The summed E-state index contributed by atoms with van der Waals surface area (Å²) in [5, 5.41) is 0.394. The number of morpholine rings is 1. The molecule has 0 unspecified atom stereocenters. The predicted molar refractivity (Wildman–Crippen MR) is 124 cm³/mol. The summed E-state index contributed by atoms with van der Waals surface area (Å²) in [6.07, 6.45) is 1.65. The third-order valence-electron chi connectivity index (χ3n) is 6.24. The smallest absolute Gasteiger partial charge is 0.243 e. The number of halogens is 4. The first-order chi connectivity index (χ1) is 17.3. The van der Waals surface area contributed by atoms with Gasteiger partial charge < -0.3 is 14.0 Å². The van der Waals surface area contributed by atoms with Gasteiger partial charge in [0.25, 0.3) is 0 Å². The third kappa shape index (κ3) is 4.86. The van der Waals surface area contributed by atoms with Crippen LogP contribution in [-0.4, -0.2) is 61.3 Å². The number of sulfonamides is 1. The minimum Gasteiger partial charge on any atom is -0.379 e. The van der Waals surface area contributed by atoms with Crippen molar-refractivity contribution in [3.8, 4) is 0 Å². The minimum absolute atomic E-state index is 0.0870. The number of imidazole rings is 1. The summed E-state index contributed by atoms with van der Waals surface area (Å²) in [6, 6.07) is 5.28. The third-order valence-corrected chi connectivity index (χ3v) is 9.16. The number of rotatable bonds is 7. The number of benzene rings is 2. The SMILES string of the molecule is O=S(=O)(c1ccc2c(c1)nc(SCc1cc(F)c(F)c(F)c1F)n2C[C@H]1CCCO1)N1CCOCC1. The molecule has 3 aromatic rings. The second kappa shape index (κ2) is 10.3. The van der Waals surface area contributed by atoms with Gasteiger partial charge >= 0.3 is 0 Å². The molecule has 3 heterocycles. The van der Waals surface area contributed by atoms with Gasteiger partial charge in [0.15, 0.2) is 28.4 Å². The zero-order valence-corrected chi connectivity index (χ0v) is 20.7. The van der Waals surface area contributed by atoms with Crippen molar-refractivity contribution in [2.24, 2.45) is 0 Å². The maximum atomic E-state index is 14.2. The van der Waals surface area contributed by atoms with Crippen LogP contribution in [-0.2, 0) is 31.8 Å². The number of thioether (sulfide) groups is 1. The molecule has 5 rings (SSSR count). The standard InChI is InChI=1S/C23H23F4N3O4S2/c24-17-10-14(20(25)22(27)21(17)26)13-35-23-28-18-11-16(36(31,32)29-5-8-33-9-6-29)3-4-19(18)30(23)12-15-2-1-7-34-15/h3-4,10-11,15H,1-2,5-9,12-13H2/t15-/m1/s1. The van der Waals surface area contributed by atoms with E-state index < -0.39 is 33.3 Å². The van der Waals surface area contributed by atoms with Crippen LogP contribution in [0.1, 0.15) is 18.4 Å². The molecule has 13 heteroatoms. The highest BCUT2D eigenvalue weighted by molar-refractivity contribution is 7.98. The monoisotopic (exact) mass is 545 g/mol. The maximum Gasteiger partial charge on any atom is 0.243 e. The van der Waals surface area contributed by atoms with Gasteiger partial charge in [-0.2, -0.15) is 4.31 Å². The Morgan fingerprint density at radius 3 is 2.53 bits per heavy atom. The van der Waals surface area contributed by atoms with Gasteiger partial charge in [0, 0.05) is 31.0 Å². The molecule has 7 nitrogen and oxygen atoms in total. The molecular formula is C23H23F4N3O4S2. The summed E-state index contributed by atoms with van der Waals surface area (Å²) in [4.78, 5) is 4.65. The molecule has 36 heavy (non-hydrogen) atoms. The van der Waals surface area contributed by atoms with Gasteiger partial charge in [-0.25, -0.2) is 31.0 Å². The highest BCUT2D eigenvalue weighted by Crippen LogP contribution is 2.32. The van der Waals surface area contributed by atoms with Crippen molar-refractivity contribution < 1.29 is 35.5 Å². The van der Waals surface area contributed by atoms with Crippen molar-refractivity contribution in [1.29, 1.82) is 0 Å². The van der Waals surface area contributed by atoms with Crippen molar-refractivity contribution >= 4 is 32.8 Å². The molecule has 194 valence electrons. The first kappa shape index (κ1) is 25.5. The summed E-state index contributed by atoms with van der Waals surface area (Å²) in [7, 11) is -3.75. The average molecular weight is 546 g/mol. The van der Waals surface area contributed by atoms with Gasteiger partial charge in [-0.3, -0.25) is 0 Å². The molecule has 0 radical (unpaired) electrons. The first-order valence-electron chi connectivity index (χ1n) is 11.4. The van der Waals surface area contributed by atoms with E-state index in [9.17, 15) is 26.0 Å². The van der Waals surface area contributed by atoms with Gasteiger partial charge in [-0.05, 0) is 37.1 Å². The van der Waals surface area contributed by atoms with Crippen molar-refractivity contribution in [3.05, 3.63) is 53.1 Å². The van der Waals surface area contributed by atoms with Gasteiger partial charge in [0.05, 0.1) is 41.8 Å². The van der Waals surface area contributed by atoms with Crippen LogP contribution in [0.4, 0.5) is 17.6 Å². The van der Waals surface area contributed by atoms with E-state index in [1.807, 2.05) is 4.57 Å². The lowest BCUT2D eigenvalue weighted by Gasteiger charge is -2.26. The number of fused-ring (bicyclic) bond motifs is 1. The average Bonchev–Trinajstić information content (AvgIpc) is 3.52. The summed E-state index contributed by atoms with van der Waals surface area (Å²) in [5.41, 5.74) is 0.704. The van der Waals surface area contributed by atoms with E-state index in [0.29, 0.717) is 48.6 Å². The molecule has 2 fully saturated rings. The maximum absolute atomic E-state index is 14.2. The lowest BCUT2D eigenvalue weighted by Crippen LogP contribution is -2.40. The summed E-state index contributed by atoms with van der Waals surface area (Å²) in [5.74, 6) is -6.87. The van der Waals surface area contributed by atoms with Crippen LogP contribution in [0.15, 0.2) is 34.3 Å². The van der Waals surface area contributed by atoms with Crippen LogP contribution in [0.2, 0.25) is 0 Å². The Kier molecular flexibility index (Phi) is 7.27. The molecule has 0 N–H and O–H groups in total. The molecule has 0 bridgehead atoms. The topological polar surface area (TPSA) is 73.7 Å². The summed E-state index contributed by atoms with van der Waals surface area (Å²) < 4.78 is 95.3. The molecule has 0 aliphatic carbocycles. The fraction of sp³-hybridized carbons (Fsp3) is 0.435. The Morgan fingerprint density at radius 1 is 1.03 bits per heavy atom. The lowest BCUT2D eigenvalue weighted by atomic mass is 10.2. The van der Waals surface area contributed by atoms with Crippen LogP contribution in [0.5, 0.6) is 0 Å². The normalized spacial score (nSPS) is 19.4. The Balaban J connectivity index is 1.49.